The molecule has 0 saturated heterocycles. The zero-order valence-corrected chi connectivity index (χ0v) is 11.6. The predicted octanol–water partition coefficient (Wildman–Crippen LogP) is 2.63. The van der Waals surface area contributed by atoms with Crippen LogP contribution < -0.4 is 0 Å². The smallest absolute Gasteiger partial charge is 0.280 e. The molecule has 3 aromatic rings. The number of Topliss-reactive ketones (excluding diaryl/α,β-unsaturated/α-hetero) is 2. The van der Waals surface area contributed by atoms with Crippen molar-refractivity contribution in [3.63, 3.8) is 0 Å². The first-order valence-electron chi connectivity index (χ1n) is 6.88. The molecule has 1 aliphatic rings. The number of carbonyl (C=O) groups is 2. The van der Waals surface area contributed by atoms with Crippen LogP contribution in [0.3, 0.4) is 0 Å². The van der Waals surface area contributed by atoms with Crippen molar-refractivity contribution in [2.45, 2.75) is 5.92 Å². The fraction of sp³-hybridized carbons (Fsp3) is 0.0625. The molecule has 7 heteroatoms. The lowest BCUT2D eigenvalue weighted by atomic mass is 10.0. The quantitative estimate of drug-likeness (QED) is 0.445. The molecular weight excluding hydrogens is 298 g/mol. The van der Waals surface area contributed by atoms with Gasteiger partial charge >= 0.3 is 0 Å². The van der Waals surface area contributed by atoms with Crippen LogP contribution in [0.1, 0.15) is 32.5 Å². The summed E-state index contributed by atoms with van der Waals surface area (Å²) >= 11 is 0. The van der Waals surface area contributed by atoms with Crippen LogP contribution >= 0.6 is 0 Å². The Hall–Kier alpha value is -3.35. The van der Waals surface area contributed by atoms with Crippen molar-refractivity contribution in [1.29, 1.82) is 0 Å². The molecule has 2 aromatic carbocycles. The zero-order valence-electron chi connectivity index (χ0n) is 11.6. The molecule has 0 fully saturated rings. The molecule has 0 radical (unpaired) electrons. The van der Waals surface area contributed by atoms with Crippen LogP contribution in [-0.2, 0) is 0 Å². The number of rotatable bonds is 2. The number of nitrogens with zero attached hydrogens (tertiary/aromatic N) is 2. The third-order valence-corrected chi connectivity index (χ3v) is 3.96. The Morgan fingerprint density at radius 1 is 1.04 bits per heavy atom. The van der Waals surface area contributed by atoms with Crippen molar-refractivity contribution in [3.05, 3.63) is 69.5 Å². The molecule has 7 nitrogen and oxygen atoms in total. The van der Waals surface area contributed by atoms with Crippen molar-refractivity contribution in [2.24, 2.45) is 0 Å². The first-order chi connectivity index (χ1) is 11.1. The average molecular weight is 307 g/mol. The summed E-state index contributed by atoms with van der Waals surface area (Å²) in [6.45, 7) is 0. The van der Waals surface area contributed by atoms with Crippen LogP contribution in [0, 0.1) is 10.1 Å². The van der Waals surface area contributed by atoms with Crippen LogP contribution in [0.5, 0.6) is 0 Å². The van der Waals surface area contributed by atoms with Gasteiger partial charge in [0.25, 0.3) is 5.69 Å². The molecular formula is C16H9N3O4. The normalized spacial score (nSPS) is 16.8. The first kappa shape index (κ1) is 13.3. The number of benzene rings is 2. The average Bonchev–Trinajstić information content (AvgIpc) is 3.07. The minimum Gasteiger partial charge on any atom is -0.341 e. The summed E-state index contributed by atoms with van der Waals surface area (Å²) in [7, 11) is 0. The number of imidazole rings is 1. The molecule has 1 aliphatic carbocycles. The SMILES string of the molecule is O=C1c2cccc([N+](=O)[O-])c2C(=O)C1c1nc2ccccc2[nH]1. The molecule has 0 bridgehead atoms. The van der Waals surface area contributed by atoms with Gasteiger partial charge < -0.3 is 4.98 Å². The molecule has 0 amide bonds. The van der Waals surface area contributed by atoms with E-state index in [9.17, 15) is 19.7 Å². The van der Waals surface area contributed by atoms with Gasteiger partial charge in [0.2, 0.25) is 0 Å². The van der Waals surface area contributed by atoms with E-state index in [0.29, 0.717) is 11.0 Å². The van der Waals surface area contributed by atoms with Crippen LogP contribution in [0.4, 0.5) is 5.69 Å². The maximum Gasteiger partial charge on any atom is 0.280 e. The van der Waals surface area contributed by atoms with E-state index in [2.05, 4.69) is 9.97 Å². The van der Waals surface area contributed by atoms with Crippen molar-refractivity contribution < 1.29 is 14.5 Å². The van der Waals surface area contributed by atoms with Crippen LogP contribution in [0.15, 0.2) is 42.5 Å². The maximum atomic E-state index is 12.6. The minimum atomic E-state index is -1.15. The highest BCUT2D eigenvalue weighted by Crippen LogP contribution is 2.37. The summed E-state index contributed by atoms with van der Waals surface area (Å²) in [5.74, 6) is -1.99. The minimum absolute atomic E-state index is 0.0784. The van der Waals surface area contributed by atoms with Gasteiger partial charge in [0.1, 0.15) is 17.3 Å². The van der Waals surface area contributed by atoms with Crippen LogP contribution in [0.25, 0.3) is 11.0 Å². The number of carbonyl (C=O) groups excluding carboxylic acids is 2. The number of aromatic nitrogens is 2. The second kappa shape index (κ2) is 4.57. The van der Waals surface area contributed by atoms with Gasteiger partial charge in [-0.3, -0.25) is 19.7 Å². The number of nitrogens with one attached hydrogen (secondary N) is 1. The fourth-order valence-corrected chi connectivity index (χ4v) is 2.93. The topological polar surface area (TPSA) is 106 Å². The van der Waals surface area contributed by atoms with E-state index in [1.807, 2.05) is 6.07 Å². The zero-order chi connectivity index (χ0) is 16.1. The van der Waals surface area contributed by atoms with E-state index < -0.39 is 22.4 Å². The third kappa shape index (κ3) is 1.80. The highest BCUT2D eigenvalue weighted by Gasteiger charge is 2.45. The molecule has 23 heavy (non-hydrogen) atoms. The van der Waals surface area contributed by atoms with Crippen LogP contribution in [-0.4, -0.2) is 26.5 Å². The summed E-state index contributed by atoms with van der Waals surface area (Å²) in [6.07, 6.45) is 0. The monoisotopic (exact) mass is 307 g/mol. The molecule has 1 heterocycles. The van der Waals surface area contributed by atoms with Gasteiger partial charge in [-0.1, -0.05) is 24.3 Å². The number of para-hydroxylation sites is 2. The molecule has 0 aliphatic heterocycles. The fourth-order valence-electron chi connectivity index (χ4n) is 2.93. The molecule has 0 spiro atoms. The highest BCUT2D eigenvalue weighted by molar-refractivity contribution is 6.31. The van der Waals surface area contributed by atoms with Crippen LogP contribution in [0.2, 0.25) is 0 Å². The number of hydrogen-bond acceptors (Lipinski definition) is 5. The number of fused-ring (bicyclic) bond motifs is 2. The predicted molar refractivity (Wildman–Crippen MR) is 80.6 cm³/mol. The van der Waals surface area contributed by atoms with Gasteiger partial charge in [-0.15, -0.1) is 0 Å². The van der Waals surface area contributed by atoms with Crippen molar-refractivity contribution >= 4 is 28.3 Å². The third-order valence-electron chi connectivity index (χ3n) is 3.96. The first-order valence-corrected chi connectivity index (χ1v) is 6.88. The molecule has 1 unspecified atom stereocenters. The highest BCUT2D eigenvalue weighted by atomic mass is 16.6. The second-order valence-corrected chi connectivity index (χ2v) is 5.26. The number of nitro benzene ring substituents is 1. The van der Waals surface area contributed by atoms with E-state index in [-0.39, 0.29) is 22.6 Å². The summed E-state index contributed by atoms with van der Waals surface area (Å²) in [6, 6.07) is 11.2. The number of H-pyrrole nitrogens is 1. The lowest BCUT2D eigenvalue weighted by Crippen LogP contribution is -2.14. The molecule has 0 saturated carbocycles. The molecule has 4 rings (SSSR count). The Balaban J connectivity index is 1.89. The van der Waals surface area contributed by atoms with Gasteiger partial charge in [0.05, 0.1) is 16.0 Å². The number of aromatic amines is 1. The van der Waals surface area contributed by atoms with Gasteiger partial charge in [0, 0.05) is 11.6 Å². The van der Waals surface area contributed by atoms with E-state index in [1.54, 1.807) is 18.2 Å². The Kier molecular flexibility index (Phi) is 2.65. The number of ketones is 2. The van der Waals surface area contributed by atoms with Gasteiger partial charge in [-0.2, -0.15) is 0 Å². The van der Waals surface area contributed by atoms with E-state index >= 15 is 0 Å². The second-order valence-electron chi connectivity index (χ2n) is 5.26. The number of hydrogen-bond donors (Lipinski definition) is 1. The van der Waals surface area contributed by atoms with Crippen molar-refractivity contribution in [2.75, 3.05) is 0 Å². The van der Waals surface area contributed by atoms with Crippen molar-refractivity contribution in [1.82, 2.24) is 9.97 Å². The summed E-state index contributed by atoms with van der Waals surface area (Å²) < 4.78 is 0. The Labute approximate surface area is 129 Å². The Morgan fingerprint density at radius 3 is 2.57 bits per heavy atom. The molecule has 1 atom stereocenters. The van der Waals surface area contributed by atoms with Gasteiger partial charge in [-0.05, 0) is 12.1 Å². The maximum absolute atomic E-state index is 12.6. The summed E-state index contributed by atoms with van der Waals surface area (Å²) in [5.41, 5.74) is 0.934. The lowest BCUT2D eigenvalue weighted by Gasteiger charge is -2.01. The van der Waals surface area contributed by atoms with E-state index in [0.717, 1.165) is 0 Å². The lowest BCUT2D eigenvalue weighted by molar-refractivity contribution is -0.385. The number of nitro groups is 1. The molecule has 1 aromatic heterocycles. The Morgan fingerprint density at radius 2 is 1.83 bits per heavy atom. The summed E-state index contributed by atoms with van der Waals surface area (Å²) in [4.78, 5) is 42.9. The standard InChI is InChI=1S/C16H9N3O4/c20-14-8-4-3-7-11(19(22)23)12(8)15(21)13(14)16-17-9-5-1-2-6-10(9)18-16/h1-7,13H,(H,17,18). The largest absolute Gasteiger partial charge is 0.341 e. The van der Waals surface area contributed by atoms with Crippen molar-refractivity contribution in [3.8, 4) is 0 Å². The van der Waals surface area contributed by atoms with E-state index in [1.165, 1.54) is 18.2 Å². The Bertz CT molecular complexity index is 972. The van der Waals surface area contributed by atoms with Gasteiger partial charge in [-0.25, -0.2) is 4.98 Å². The summed E-state index contributed by atoms with van der Waals surface area (Å²) in [5, 5.41) is 11.1. The van der Waals surface area contributed by atoms with Gasteiger partial charge in [0.15, 0.2) is 11.6 Å². The van der Waals surface area contributed by atoms with E-state index in [4.69, 9.17) is 0 Å². The molecule has 1 N–H and O–H groups in total. The molecule has 112 valence electrons.